The fourth-order valence-corrected chi connectivity index (χ4v) is 9.29. The maximum atomic E-state index is 12.7. The highest BCUT2D eigenvalue weighted by molar-refractivity contribution is 8.07. The van der Waals surface area contributed by atoms with Crippen molar-refractivity contribution >= 4 is 27.4 Å². The van der Waals surface area contributed by atoms with Gasteiger partial charge in [-0.1, -0.05) is 36.4 Å². The van der Waals surface area contributed by atoms with Gasteiger partial charge in [-0.2, -0.15) is 0 Å². The zero-order valence-electron chi connectivity index (χ0n) is 12.9. The summed E-state index contributed by atoms with van der Waals surface area (Å²) in [5, 5.41) is 0. The molecule has 1 aromatic carbocycles. The van der Waals surface area contributed by atoms with Gasteiger partial charge in [0.2, 0.25) is 0 Å². The Labute approximate surface area is 140 Å². The van der Waals surface area contributed by atoms with Crippen LogP contribution in [0.5, 0.6) is 0 Å². The number of carbonyl (C=O) groups is 1. The molecule has 1 spiro atoms. The average Bonchev–Trinajstić information content (AvgIpc) is 2.91. The van der Waals surface area contributed by atoms with Crippen LogP contribution in [-0.4, -0.2) is 46.3 Å². The van der Waals surface area contributed by atoms with E-state index in [1.54, 1.807) is 6.08 Å². The van der Waals surface area contributed by atoms with Crippen LogP contribution in [0.15, 0.2) is 42.5 Å². The predicted molar refractivity (Wildman–Crippen MR) is 91.7 cm³/mol. The third-order valence-corrected chi connectivity index (χ3v) is 10.1. The number of fused-ring (bicyclic) bond motifs is 3. The lowest BCUT2D eigenvalue weighted by atomic mass is 9.96. The van der Waals surface area contributed by atoms with Crippen LogP contribution in [0.3, 0.4) is 0 Å². The van der Waals surface area contributed by atoms with Crippen LogP contribution in [-0.2, 0) is 32.9 Å². The monoisotopic (exact) mass is 349 g/mol. The summed E-state index contributed by atoms with van der Waals surface area (Å²) in [6.45, 7) is 2.67. The van der Waals surface area contributed by atoms with Crippen LogP contribution in [0.1, 0.15) is 18.9 Å². The molecular formula is C17H19NO3S2. The molecular weight excluding hydrogens is 330 g/mol. The second-order valence-corrected chi connectivity index (χ2v) is 10.6. The highest BCUT2D eigenvalue weighted by atomic mass is 32.3. The Bertz CT molecular complexity index is 729. The summed E-state index contributed by atoms with van der Waals surface area (Å²) < 4.78 is 24.6. The Balaban J connectivity index is 1.81. The number of benzene rings is 1. The fraction of sp³-hybridized carbons (Fsp3) is 0.471. The quantitative estimate of drug-likeness (QED) is 0.809. The molecule has 0 unspecified atom stereocenters. The molecule has 4 rings (SSSR count). The lowest BCUT2D eigenvalue weighted by Crippen LogP contribution is -2.55. The first-order valence-electron chi connectivity index (χ1n) is 7.78. The molecule has 23 heavy (non-hydrogen) atoms. The number of carbonyl (C=O) groups excluding carboxylic acids is 1. The molecule has 2 saturated heterocycles. The Morgan fingerprint density at radius 1 is 1.17 bits per heavy atom. The standard InChI is InChI=1S/C17H19NO3S2/c1-16-8-7-14(19)15(17(12-16)22(20)9-10-23(17)21)18(16)11-13-5-3-2-4-6-13/h2-8,15H,9-12H2,1H3/t15-,16+,22-,23-/m1/s1. The van der Waals surface area contributed by atoms with E-state index in [-0.39, 0.29) is 11.3 Å². The summed E-state index contributed by atoms with van der Waals surface area (Å²) in [6, 6.07) is 9.43. The van der Waals surface area contributed by atoms with Gasteiger partial charge in [0.1, 0.15) is 10.1 Å². The molecule has 3 aliphatic heterocycles. The maximum Gasteiger partial charge on any atom is 0.175 e. The molecule has 0 aromatic heterocycles. The summed E-state index contributed by atoms with van der Waals surface area (Å²) in [6.07, 6.45) is 4.04. The molecule has 3 heterocycles. The minimum absolute atomic E-state index is 0.0560. The molecule has 3 aliphatic rings. The first-order valence-corrected chi connectivity index (χ1v) is 10.4. The van der Waals surface area contributed by atoms with Crippen LogP contribution in [0.25, 0.3) is 0 Å². The first kappa shape index (κ1) is 15.4. The van der Waals surface area contributed by atoms with E-state index in [9.17, 15) is 13.2 Å². The summed E-state index contributed by atoms with van der Waals surface area (Å²) in [5.41, 5.74) is 0.739. The van der Waals surface area contributed by atoms with Gasteiger partial charge in [0.05, 0.1) is 0 Å². The van der Waals surface area contributed by atoms with Gasteiger partial charge in [-0.05, 0) is 25.0 Å². The molecule has 0 aliphatic carbocycles. The molecule has 0 amide bonds. The summed E-state index contributed by atoms with van der Waals surface area (Å²) in [5.74, 6) is 0.816. The molecule has 0 saturated carbocycles. The number of rotatable bonds is 2. The van der Waals surface area contributed by atoms with Gasteiger partial charge in [0.15, 0.2) is 5.78 Å². The smallest absolute Gasteiger partial charge is 0.175 e. The number of hydrogen-bond acceptors (Lipinski definition) is 4. The normalized spacial score (nSPS) is 38.5. The van der Waals surface area contributed by atoms with Gasteiger partial charge in [0, 0.05) is 45.2 Å². The Kier molecular flexibility index (Phi) is 3.48. The molecule has 2 bridgehead atoms. The predicted octanol–water partition coefficient (Wildman–Crippen LogP) is 1.37. The number of ketones is 1. The van der Waals surface area contributed by atoms with E-state index in [0.29, 0.717) is 24.5 Å². The fourth-order valence-electron chi connectivity index (χ4n) is 4.17. The molecule has 0 radical (unpaired) electrons. The molecule has 6 heteroatoms. The zero-order chi connectivity index (χ0) is 16.2. The second kappa shape index (κ2) is 5.19. The van der Waals surface area contributed by atoms with Gasteiger partial charge in [-0.25, -0.2) is 0 Å². The second-order valence-electron chi connectivity index (χ2n) is 6.70. The Hall–Kier alpha value is -1.11. The molecule has 0 N–H and O–H groups in total. The third-order valence-electron chi connectivity index (χ3n) is 5.29. The van der Waals surface area contributed by atoms with Crippen LogP contribution < -0.4 is 0 Å². The van der Waals surface area contributed by atoms with E-state index >= 15 is 0 Å². The van der Waals surface area contributed by atoms with Crippen LogP contribution in [0.2, 0.25) is 0 Å². The van der Waals surface area contributed by atoms with E-state index in [0.717, 1.165) is 5.56 Å². The summed E-state index contributed by atoms with van der Waals surface area (Å²) in [7, 11) is -2.45. The van der Waals surface area contributed by atoms with Crippen molar-refractivity contribution in [3.63, 3.8) is 0 Å². The first-order chi connectivity index (χ1) is 11.0. The van der Waals surface area contributed by atoms with Crippen molar-refractivity contribution in [1.29, 1.82) is 0 Å². The van der Waals surface area contributed by atoms with E-state index < -0.39 is 31.7 Å². The van der Waals surface area contributed by atoms with Gasteiger partial charge in [0.25, 0.3) is 0 Å². The summed E-state index contributed by atoms with van der Waals surface area (Å²) in [4.78, 5) is 14.8. The molecule has 1 aromatic rings. The highest BCUT2D eigenvalue weighted by Crippen LogP contribution is 2.52. The van der Waals surface area contributed by atoms with E-state index in [1.807, 2.05) is 36.4 Å². The summed E-state index contributed by atoms with van der Waals surface area (Å²) >= 11 is 0. The lowest BCUT2D eigenvalue weighted by molar-refractivity contribution is -0.120. The Morgan fingerprint density at radius 3 is 2.48 bits per heavy atom. The third kappa shape index (κ3) is 2.08. The number of nitrogens with zero attached hydrogens (tertiary/aromatic N) is 1. The van der Waals surface area contributed by atoms with Crippen molar-refractivity contribution in [1.82, 2.24) is 4.90 Å². The van der Waals surface area contributed by atoms with Crippen LogP contribution in [0.4, 0.5) is 0 Å². The van der Waals surface area contributed by atoms with Crippen LogP contribution in [0, 0.1) is 0 Å². The van der Waals surface area contributed by atoms with E-state index in [2.05, 4.69) is 11.8 Å². The minimum atomic E-state index is -1.23. The van der Waals surface area contributed by atoms with Gasteiger partial charge in [-0.3, -0.25) is 18.1 Å². The van der Waals surface area contributed by atoms with Crippen molar-refractivity contribution in [3.8, 4) is 0 Å². The highest BCUT2D eigenvalue weighted by Gasteiger charge is 2.68. The maximum absolute atomic E-state index is 12.7. The van der Waals surface area contributed by atoms with Crippen molar-refractivity contribution < 1.29 is 13.2 Å². The van der Waals surface area contributed by atoms with Crippen molar-refractivity contribution in [2.45, 2.75) is 35.5 Å². The largest absolute Gasteiger partial charge is 0.293 e. The zero-order valence-corrected chi connectivity index (χ0v) is 14.6. The van der Waals surface area contributed by atoms with Gasteiger partial charge in [-0.15, -0.1) is 0 Å². The Morgan fingerprint density at radius 2 is 1.83 bits per heavy atom. The molecule has 122 valence electrons. The SMILES string of the molecule is C[C@@]12C=CC(=O)[C@@H](N1Cc1ccccc1)C1(C2)[S@](=O)CC[S@]1=O. The molecule has 2 fully saturated rings. The molecule has 4 nitrogen and oxygen atoms in total. The van der Waals surface area contributed by atoms with Crippen molar-refractivity contribution in [3.05, 3.63) is 48.0 Å². The topological polar surface area (TPSA) is 54.5 Å². The van der Waals surface area contributed by atoms with E-state index in [1.165, 1.54) is 0 Å². The minimum Gasteiger partial charge on any atom is -0.293 e. The lowest BCUT2D eigenvalue weighted by Gasteiger charge is -2.38. The van der Waals surface area contributed by atoms with Gasteiger partial charge >= 0.3 is 0 Å². The molecule has 4 atom stereocenters. The van der Waals surface area contributed by atoms with Crippen molar-refractivity contribution in [2.75, 3.05) is 11.5 Å². The van der Waals surface area contributed by atoms with Crippen LogP contribution >= 0.6 is 0 Å². The van der Waals surface area contributed by atoms with E-state index in [4.69, 9.17) is 0 Å². The van der Waals surface area contributed by atoms with Gasteiger partial charge < -0.3 is 0 Å². The number of hydrogen-bond donors (Lipinski definition) is 0. The average molecular weight is 349 g/mol. The van der Waals surface area contributed by atoms with Crippen molar-refractivity contribution in [2.24, 2.45) is 0 Å².